The van der Waals surface area contributed by atoms with Crippen molar-refractivity contribution in [2.45, 2.75) is 38.1 Å². The number of hydrogen-bond donors (Lipinski definition) is 1. The first kappa shape index (κ1) is 17.8. The van der Waals surface area contributed by atoms with E-state index >= 15 is 0 Å². The average molecular weight is 358 g/mol. The van der Waals surface area contributed by atoms with E-state index in [0.29, 0.717) is 23.6 Å². The molecule has 3 rings (SSSR count). The Balaban J connectivity index is 1.47. The fourth-order valence-electron chi connectivity index (χ4n) is 3.27. The predicted octanol–water partition coefficient (Wildman–Crippen LogP) is 2.94. The zero-order valence-electron chi connectivity index (χ0n) is 13.7. The standard InChI is InChI=1S/C17H21F3N2O3/c18-17(19,20)6-1-7-22-8-4-11(5-9-22)16-24-13-3-2-12(15(21)23)10-14(13)25-16/h2-3,10-11,16H,1,4-9H2,(H2,21,23). The number of halogens is 3. The third-order valence-electron chi connectivity index (χ3n) is 4.67. The fourth-order valence-corrected chi connectivity index (χ4v) is 3.27. The smallest absolute Gasteiger partial charge is 0.389 e. The Kier molecular flexibility index (Phi) is 5.08. The molecule has 138 valence electrons. The third-order valence-corrected chi connectivity index (χ3v) is 4.67. The molecule has 1 saturated heterocycles. The van der Waals surface area contributed by atoms with E-state index in [4.69, 9.17) is 15.2 Å². The maximum atomic E-state index is 12.2. The fraction of sp³-hybridized carbons (Fsp3) is 0.588. The maximum absolute atomic E-state index is 12.2. The summed E-state index contributed by atoms with van der Waals surface area (Å²) in [5.41, 5.74) is 5.62. The molecule has 8 heteroatoms. The van der Waals surface area contributed by atoms with Gasteiger partial charge in [-0.1, -0.05) is 0 Å². The molecular formula is C17H21F3N2O3. The normalized spacial score (nSPS) is 21.5. The molecule has 2 N–H and O–H groups in total. The molecule has 2 aliphatic heterocycles. The summed E-state index contributed by atoms with van der Waals surface area (Å²) in [7, 11) is 0. The predicted molar refractivity (Wildman–Crippen MR) is 84.5 cm³/mol. The van der Waals surface area contributed by atoms with Gasteiger partial charge < -0.3 is 20.1 Å². The number of benzene rings is 1. The Bertz CT molecular complexity index is 628. The number of nitrogens with zero attached hydrogens (tertiary/aromatic N) is 1. The lowest BCUT2D eigenvalue weighted by Gasteiger charge is -2.33. The number of carbonyl (C=O) groups is 1. The van der Waals surface area contributed by atoms with E-state index in [2.05, 4.69) is 4.90 Å². The number of alkyl halides is 3. The van der Waals surface area contributed by atoms with Crippen LogP contribution in [0.4, 0.5) is 13.2 Å². The van der Waals surface area contributed by atoms with E-state index in [-0.39, 0.29) is 12.3 Å². The average Bonchev–Trinajstić information content (AvgIpc) is 2.97. The van der Waals surface area contributed by atoms with Crippen molar-refractivity contribution < 1.29 is 27.4 Å². The Morgan fingerprint density at radius 2 is 1.88 bits per heavy atom. The van der Waals surface area contributed by atoms with Gasteiger partial charge >= 0.3 is 6.18 Å². The number of likely N-dealkylation sites (tertiary alicyclic amines) is 1. The SMILES string of the molecule is NC(=O)c1ccc2c(c1)OC(C1CCN(CCCC(F)(F)F)CC1)O2. The van der Waals surface area contributed by atoms with E-state index in [1.165, 1.54) is 0 Å². The summed E-state index contributed by atoms with van der Waals surface area (Å²) < 4.78 is 48.2. The summed E-state index contributed by atoms with van der Waals surface area (Å²) >= 11 is 0. The molecule has 0 aliphatic carbocycles. The van der Waals surface area contributed by atoms with Crippen molar-refractivity contribution in [3.63, 3.8) is 0 Å². The van der Waals surface area contributed by atoms with Crippen LogP contribution in [0.5, 0.6) is 11.5 Å². The van der Waals surface area contributed by atoms with Crippen LogP contribution in [0, 0.1) is 5.92 Å². The number of rotatable bonds is 5. The van der Waals surface area contributed by atoms with Crippen molar-refractivity contribution in [3.8, 4) is 11.5 Å². The van der Waals surface area contributed by atoms with E-state index < -0.39 is 24.8 Å². The summed E-state index contributed by atoms with van der Waals surface area (Å²) in [4.78, 5) is 13.3. The molecule has 2 heterocycles. The van der Waals surface area contributed by atoms with Gasteiger partial charge in [0.25, 0.3) is 0 Å². The second kappa shape index (κ2) is 7.11. The quantitative estimate of drug-likeness (QED) is 0.879. The van der Waals surface area contributed by atoms with Gasteiger partial charge in [-0.15, -0.1) is 0 Å². The van der Waals surface area contributed by atoms with Gasteiger partial charge in [-0.05, 0) is 57.1 Å². The van der Waals surface area contributed by atoms with Gasteiger partial charge in [-0.25, -0.2) is 0 Å². The minimum absolute atomic E-state index is 0.131. The van der Waals surface area contributed by atoms with Crippen molar-refractivity contribution in [2.24, 2.45) is 11.7 Å². The molecule has 25 heavy (non-hydrogen) atoms. The van der Waals surface area contributed by atoms with Crippen LogP contribution in [-0.4, -0.2) is 42.9 Å². The van der Waals surface area contributed by atoms with E-state index in [1.54, 1.807) is 18.2 Å². The van der Waals surface area contributed by atoms with Gasteiger partial charge in [0.15, 0.2) is 11.5 Å². The number of nitrogens with two attached hydrogens (primary N) is 1. The highest BCUT2D eigenvalue weighted by atomic mass is 19.4. The third kappa shape index (κ3) is 4.56. The number of piperidine rings is 1. The molecule has 0 aromatic heterocycles. The second-order valence-electron chi connectivity index (χ2n) is 6.53. The molecule has 0 bridgehead atoms. The first-order chi connectivity index (χ1) is 11.8. The van der Waals surface area contributed by atoms with Crippen molar-refractivity contribution in [1.29, 1.82) is 0 Å². The van der Waals surface area contributed by atoms with Crippen molar-refractivity contribution >= 4 is 5.91 Å². The lowest BCUT2D eigenvalue weighted by Crippen LogP contribution is -2.41. The lowest BCUT2D eigenvalue weighted by molar-refractivity contribution is -0.136. The van der Waals surface area contributed by atoms with E-state index in [1.807, 2.05) is 0 Å². The van der Waals surface area contributed by atoms with Gasteiger partial charge in [0.2, 0.25) is 12.2 Å². The van der Waals surface area contributed by atoms with Crippen LogP contribution in [0.25, 0.3) is 0 Å². The van der Waals surface area contributed by atoms with Crippen LogP contribution in [0.1, 0.15) is 36.0 Å². The monoisotopic (exact) mass is 358 g/mol. The van der Waals surface area contributed by atoms with Crippen LogP contribution in [0.15, 0.2) is 18.2 Å². The highest BCUT2D eigenvalue weighted by Crippen LogP contribution is 2.39. The van der Waals surface area contributed by atoms with Crippen LogP contribution in [0.3, 0.4) is 0 Å². The van der Waals surface area contributed by atoms with Crippen molar-refractivity contribution in [3.05, 3.63) is 23.8 Å². The molecule has 1 amide bonds. The van der Waals surface area contributed by atoms with Crippen LogP contribution in [-0.2, 0) is 0 Å². The van der Waals surface area contributed by atoms with E-state index in [0.717, 1.165) is 25.9 Å². The topological polar surface area (TPSA) is 64.8 Å². The van der Waals surface area contributed by atoms with Gasteiger partial charge in [-0.3, -0.25) is 4.79 Å². The van der Waals surface area contributed by atoms with Crippen LogP contribution in [0.2, 0.25) is 0 Å². The van der Waals surface area contributed by atoms with Crippen molar-refractivity contribution in [2.75, 3.05) is 19.6 Å². The summed E-state index contributed by atoms with van der Waals surface area (Å²) in [6, 6.07) is 4.84. The van der Waals surface area contributed by atoms with Crippen LogP contribution >= 0.6 is 0 Å². The maximum Gasteiger partial charge on any atom is 0.389 e. The first-order valence-electron chi connectivity index (χ1n) is 8.38. The van der Waals surface area contributed by atoms with Gasteiger partial charge in [0.1, 0.15) is 0 Å². The number of carbonyl (C=O) groups excluding carboxylic acids is 1. The number of primary amides is 1. The van der Waals surface area contributed by atoms with Crippen LogP contribution < -0.4 is 15.2 Å². The number of ether oxygens (including phenoxy) is 2. The summed E-state index contributed by atoms with van der Waals surface area (Å²) in [5.74, 6) is 0.738. The number of fused-ring (bicyclic) bond motifs is 1. The molecule has 0 saturated carbocycles. The molecule has 0 radical (unpaired) electrons. The van der Waals surface area contributed by atoms with Gasteiger partial charge in [0, 0.05) is 17.9 Å². The minimum Gasteiger partial charge on any atom is -0.451 e. The highest BCUT2D eigenvalue weighted by molar-refractivity contribution is 5.93. The number of amides is 1. The molecule has 5 nitrogen and oxygen atoms in total. The van der Waals surface area contributed by atoms with E-state index in [9.17, 15) is 18.0 Å². The molecule has 1 aromatic carbocycles. The Hall–Kier alpha value is -1.96. The molecule has 1 fully saturated rings. The highest BCUT2D eigenvalue weighted by Gasteiger charge is 2.35. The Morgan fingerprint density at radius 3 is 2.52 bits per heavy atom. The molecule has 0 spiro atoms. The summed E-state index contributed by atoms with van der Waals surface area (Å²) in [5, 5.41) is 0. The van der Waals surface area contributed by atoms with Gasteiger partial charge in [-0.2, -0.15) is 13.2 Å². The summed E-state index contributed by atoms with van der Waals surface area (Å²) in [6.07, 6.45) is -3.51. The summed E-state index contributed by atoms with van der Waals surface area (Å²) in [6.45, 7) is 1.92. The zero-order valence-corrected chi connectivity index (χ0v) is 13.7. The molecule has 1 atom stereocenters. The molecule has 1 aromatic rings. The lowest BCUT2D eigenvalue weighted by atomic mass is 9.96. The molecule has 1 unspecified atom stereocenters. The van der Waals surface area contributed by atoms with Crippen molar-refractivity contribution in [1.82, 2.24) is 4.90 Å². The largest absolute Gasteiger partial charge is 0.451 e. The Morgan fingerprint density at radius 1 is 1.20 bits per heavy atom. The zero-order chi connectivity index (χ0) is 18.0. The Labute approximate surface area is 143 Å². The second-order valence-corrected chi connectivity index (χ2v) is 6.53. The molecule has 2 aliphatic rings. The van der Waals surface area contributed by atoms with Gasteiger partial charge in [0.05, 0.1) is 0 Å². The first-order valence-corrected chi connectivity index (χ1v) is 8.38. The minimum atomic E-state index is -4.08. The number of hydrogen-bond acceptors (Lipinski definition) is 4. The molecular weight excluding hydrogens is 337 g/mol.